The molecule has 1 saturated heterocycles. The number of carbonyl (C=O) groups excluding carboxylic acids is 1. The number of halogens is 6. The summed E-state index contributed by atoms with van der Waals surface area (Å²) in [7, 11) is -5.01. The van der Waals surface area contributed by atoms with Gasteiger partial charge >= 0.3 is 18.3 Å². The zero-order valence-electron chi connectivity index (χ0n) is 20.5. The zero-order chi connectivity index (χ0) is 29.5. The topological polar surface area (TPSA) is 104 Å². The predicted octanol–water partition coefficient (Wildman–Crippen LogP) is 4.84. The van der Waals surface area contributed by atoms with Gasteiger partial charge in [-0.3, -0.25) is 4.79 Å². The lowest BCUT2D eigenvalue weighted by molar-refractivity contribution is -0.143. The van der Waals surface area contributed by atoms with Gasteiger partial charge in [0.25, 0.3) is 0 Å². The number of hydrogen-bond acceptors (Lipinski definition) is 4. The number of rotatable bonds is 7. The summed E-state index contributed by atoms with van der Waals surface area (Å²) in [5.41, 5.74) is -3.07. The molecule has 0 aromatic heterocycles. The van der Waals surface area contributed by atoms with Crippen molar-refractivity contribution >= 4 is 32.7 Å². The molecular formula is C26H22F6N2O5S. The van der Waals surface area contributed by atoms with E-state index in [1.54, 1.807) is 24.3 Å². The maximum absolute atomic E-state index is 13.3. The summed E-state index contributed by atoms with van der Waals surface area (Å²) in [6.07, 6.45) is -10.7. The largest absolute Gasteiger partial charge is 0.480 e. The SMILES string of the molecule is O=C(O)[C@H](Cc1ccc2ccccc2c1)NC(=O)[C@@H]1CCCN1S(=O)(=O)c1cc(C(F)(F)F)cc(C(F)(F)F)c1. The molecule has 0 spiro atoms. The van der Waals surface area contributed by atoms with Gasteiger partial charge in [0.15, 0.2) is 0 Å². The van der Waals surface area contributed by atoms with E-state index in [0.717, 1.165) is 10.8 Å². The number of carboxylic acid groups (broad SMARTS) is 1. The highest BCUT2D eigenvalue weighted by atomic mass is 32.2. The van der Waals surface area contributed by atoms with E-state index in [1.165, 1.54) is 0 Å². The van der Waals surface area contributed by atoms with Crippen LogP contribution in [0.5, 0.6) is 0 Å². The lowest BCUT2D eigenvalue weighted by atomic mass is 10.0. The molecule has 1 aliphatic rings. The first-order chi connectivity index (χ1) is 18.6. The molecule has 1 fully saturated rings. The number of fused-ring (bicyclic) bond motifs is 1. The normalized spacial score (nSPS) is 17.6. The molecule has 3 aromatic carbocycles. The first-order valence-corrected chi connectivity index (χ1v) is 13.3. The van der Waals surface area contributed by atoms with E-state index in [-0.39, 0.29) is 44.0 Å². The molecule has 1 aliphatic heterocycles. The third-order valence-electron chi connectivity index (χ3n) is 6.54. The number of carboxylic acids is 1. The van der Waals surface area contributed by atoms with E-state index in [4.69, 9.17) is 0 Å². The molecule has 0 bridgehead atoms. The van der Waals surface area contributed by atoms with Crippen molar-refractivity contribution < 1.29 is 49.5 Å². The molecular weight excluding hydrogens is 566 g/mol. The number of nitrogens with zero attached hydrogens (tertiary/aromatic N) is 1. The van der Waals surface area contributed by atoms with Crippen molar-refractivity contribution in [3.8, 4) is 0 Å². The van der Waals surface area contributed by atoms with Gasteiger partial charge in [-0.1, -0.05) is 42.5 Å². The van der Waals surface area contributed by atoms with Crippen molar-refractivity contribution in [1.82, 2.24) is 9.62 Å². The third kappa shape index (κ3) is 6.22. The highest BCUT2D eigenvalue weighted by molar-refractivity contribution is 7.89. The third-order valence-corrected chi connectivity index (χ3v) is 8.43. The Morgan fingerprint density at radius 1 is 0.925 bits per heavy atom. The van der Waals surface area contributed by atoms with Crippen molar-refractivity contribution in [3.05, 3.63) is 77.4 Å². The lowest BCUT2D eigenvalue weighted by Gasteiger charge is -2.26. The van der Waals surface area contributed by atoms with E-state index in [2.05, 4.69) is 5.32 Å². The minimum absolute atomic E-state index is 0.0742. The molecule has 40 heavy (non-hydrogen) atoms. The molecule has 4 rings (SSSR count). The van der Waals surface area contributed by atoms with Crippen molar-refractivity contribution in [2.24, 2.45) is 0 Å². The molecule has 0 unspecified atom stereocenters. The standard InChI is InChI=1S/C26H22F6N2O5S/c27-25(28,29)18-12-19(26(30,31)32)14-20(13-18)40(38,39)34-9-3-6-22(34)23(35)33-21(24(36)37)11-15-7-8-16-4-1-2-5-17(16)10-15/h1-2,4-5,7-8,10,12-14,21-22H,3,6,9,11H2,(H,33,35)(H,36,37)/t21-,22-/m0/s1. The van der Waals surface area contributed by atoms with Gasteiger partial charge in [-0.15, -0.1) is 0 Å². The average molecular weight is 589 g/mol. The molecule has 7 nitrogen and oxygen atoms in total. The smallest absolute Gasteiger partial charge is 0.416 e. The fraction of sp³-hybridized carbons (Fsp3) is 0.308. The maximum Gasteiger partial charge on any atom is 0.416 e. The summed E-state index contributed by atoms with van der Waals surface area (Å²) in [5, 5.41) is 13.7. The van der Waals surface area contributed by atoms with Crippen LogP contribution in [-0.4, -0.2) is 48.3 Å². The van der Waals surface area contributed by atoms with Gasteiger partial charge in [-0.05, 0) is 47.4 Å². The molecule has 0 radical (unpaired) electrons. The minimum Gasteiger partial charge on any atom is -0.480 e. The quantitative estimate of drug-likeness (QED) is 0.385. The summed E-state index contributed by atoms with van der Waals surface area (Å²) in [6, 6.07) is 9.40. The van der Waals surface area contributed by atoms with Crippen molar-refractivity contribution in [1.29, 1.82) is 0 Å². The minimum atomic E-state index is -5.27. The fourth-order valence-electron chi connectivity index (χ4n) is 4.57. The Morgan fingerprint density at radius 2 is 1.52 bits per heavy atom. The Kier molecular flexibility index (Phi) is 7.87. The Labute approximate surface area is 224 Å². The number of benzene rings is 3. The number of hydrogen-bond donors (Lipinski definition) is 2. The highest BCUT2D eigenvalue weighted by Gasteiger charge is 2.43. The van der Waals surface area contributed by atoms with Gasteiger partial charge in [0.1, 0.15) is 12.1 Å². The van der Waals surface area contributed by atoms with Crippen LogP contribution in [0.25, 0.3) is 10.8 Å². The first kappa shape index (κ1) is 29.3. The number of nitrogens with one attached hydrogen (secondary N) is 1. The predicted molar refractivity (Wildman–Crippen MR) is 131 cm³/mol. The fourth-order valence-corrected chi connectivity index (χ4v) is 6.30. The van der Waals surface area contributed by atoms with E-state index in [1.807, 2.05) is 18.2 Å². The van der Waals surface area contributed by atoms with E-state index >= 15 is 0 Å². The van der Waals surface area contributed by atoms with Gasteiger partial charge in [-0.2, -0.15) is 30.6 Å². The van der Waals surface area contributed by atoms with Crippen LogP contribution in [0.2, 0.25) is 0 Å². The molecule has 0 aliphatic carbocycles. The molecule has 1 amide bonds. The Morgan fingerprint density at radius 3 is 2.10 bits per heavy atom. The Hall–Kier alpha value is -3.65. The van der Waals surface area contributed by atoms with Gasteiger partial charge in [-0.25, -0.2) is 13.2 Å². The van der Waals surface area contributed by atoms with Crippen molar-refractivity contribution in [2.45, 2.75) is 48.6 Å². The van der Waals surface area contributed by atoms with Crippen molar-refractivity contribution in [3.63, 3.8) is 0 Å². The van der Waals surface area contributed by atoms with Crippen LogP contribution in [0, 0.1) is 0 Å². The van der Waals surface area contributed by atoms with Gasteiger partial charge in [0.05, 0.1) is 16.0 Å². The van der Waals surface area contributed by atoms with Crippen LogP contribution in [0.1, 0.15) is 29.5 Å². The second-order valence-corrected chi connectivity index (χ2v) is 11.2. The molecule has 3 aromatic rings. The maximum atomic E-state index is 13.3. The van der Waals surface area contributed by atoms with Crippen LogP contribution in [0.15, 0.2) is 65.6 Å². The van der Waals surface area contributed by atoms with E-state index in [0.29, 0.717) is 9.87 Å². The Bertz CT molecular complexity index is 1520. The van der Waals surface area contributed by atoms with E-state index in [9.17, 15) is 49.5 Å². The van der Waals surface area contributed by atoms with E-state index < -0.39 is 62.4 Å². The molecule has 14 heteroatoms. The summed E-state index contributed by atoms with van der Waals surface area (Å²) in [6.45, 7) is -0.361. The number of sulfonamides is 1. The number of alkyl halides is 6. The summed E-state index contributed by atoms with van der Waals surface area (Å²) >= 11 is 0. The lowest BCUT2D eigenvalue weighted by Crippen LogP contribution is -2.51. The highest BCUT2D eigenvalue weighted by Crippen LogP contribution is 2.38. The zero-order valence-corrected chi connectivity index (χ0v) is 21.3. The first-order valence-electron chi connectivity index (χ1n) is 11.9. The molecule has 0 saturated carbocycles. The summed E-state index contributed by atoms with van der Waals surface area (Å²) < 4.78 is 107. The molecule has 1 heterocycles. The molecule has 2 N–H and O–H groups in total. The van der Waals surface area contributed by atoms with Crippen LogP contribution >= 0.6 is 0 Å². The van der Waals surface area contributed by atoms with Crippen LogP contribution in [0.4, 0.5) is 26.3 Å². The summed E-state index contributed by atoms with van der Waals surface area (Å²) in [4.78, 5) is 23.7. The number of amides is 1. The van der Waals surface area contributed by atoms with Crippen LogP contribution in [0.3, 0.4) is 0 Å². The van der Waals surface area contributed by atoms with Crippen LogP contribution < -0.4 is 5.32 Å². The summed E-state index contributed by atoms with van der Waals surface area (Å²) in [5.74, 6) is -2.45. The van der Waals surface area contributed by atoms with Gasteiger partial charge < -0.3 is 10.4 Å². The molecule has 2 atom stereocenters. The molecule has 214 valence electrons. The number of carbonyl (C=O) groups is 2. The van der Waals surface area contributed by atoms with Gasteiger partial charge in [0, 0.05) is 13.0 Å². The Balaban J connectivity index is 1.60. The monoisotopic (exact) mass is 588 g/mol. The number of aliphatic carboxylic acids is 1. The second kappa shape index (κ2) is 10.7. The van der Waals surface area contributed by atoms with Gasteiger partial charge in [0.2, 0.25) is 15.9 Å². The van der Waals surface area contributed by atoms with Crippen molar-refractivity contribution in [2.75, 3.05) is 6.54 Å². The van der Waals surface area contributed by atoms with Crippen LogP contribution in [-0.2, 0) is 38.4 Å². The average Bonchev–Trinajstić information content (AvgIpc) is 3.38. The second-order valence-electron chi connectivity index (χ2n) is 9.30.